The van der Waals surface area contributed by atoms with Crippen molar-refractivity contribution < 1.29 is 8.42 Å². The van der Waals surface area contributed by atoms with E-state index in [1.54, 1.807) is 28.8 Å². The van der Waals surface area contributed by atoms with Crippen molar-refractivity contribution in [1.29, 1.82) is 0 Å². The molecule has 1 aliphatic rings. The van der Waals surface area contributed by atoms with Crippen LogP contribution in [0.5, 0.6) is 0 Å². The topological polar surface area (TPSA) is 68.5 Å². The zero-order valence-electron chi connectivity index (χ0n) is 18.8. The van der Waals surface area contributed by atoms with E-state index in [-0.39, 0.29) is 5.56 Å². The molecule has 0 atom stereocenters. The molecule has 170 valence electrons. The molecule has 3 aromatic heterocycles. The fourth-order valence-electron chi connectivity index (χ4n) is 5.74. The molecule has 36 heavy (non-hydrogen) atoms. The Kier molecular flexibility index (Phi) is 3.59. The van der Waals surface area contributed by atoms with Crippen LogP contribution in [0, 0.1) is 0 Å². The summed E-state index contributed by atoms with van der Waals surface area (Å²) in [6, 6.07) is 28.2. The number of rotatable bonds is 1. The second-order valence-electron chi connectivity index (χ2n) is 9.18. The van der Waals surface area contributed by atoms with Gasteiger partial charge in [0.1, 0.15) is 0 Å². The summed E-state index contributed by atoms with van der Waals surface area (Å²) < 4.78 is 28.2. The highest BCUT2D eigenvalue weighted by molar-refractivity contribution is 7.92. The molecule has 5 nitrogen and oxygen atoms in total. The highest BCUT2D eigenvalue weighted by atomic mass is 32.2. The van der Waals surface area contributed by atoms with E-state index < -0.39 is 9.84 Å². The molecule has 4 aromatic carbocycles. The van der Waals surface area contributed by atoms with Crippen molar-refractivity contribution in [3.63, 3.8) is 0 Å². The van der Waals surface area contributed by atoms with Crippen molar-refractivity contribution in [3.05, 3.63) is 108 Å². The molecule has 8 rings (SSSR count). The Bertz CT molecular complexity index is 2250. The number of nitrogens with zero attached hydrogens (tertiary/aromatic N) is 2. The molecule has 6 heteroatoms. The molecular weight excluding hydrogens is 468 g/mol. The average Bonchev–Trinajstić information content (AvgIpc) is 3.37. The van der Waals surface area contributed by atoms with Crippen molar-refractivity contribution in [2.75, 3.05) is 0 Å². The Balaban J connectivity index is 1.42. The summed E-state index contributed by atoms with van der Waals surface area (Å²) >= 11 is 0. The normalized spacial score (nSPS) is 14.1. The zero-order chi connectivity index (χ0) is 24.2. The van der Waals surface area contributed by atoms with E-state index in [9.17, 15) is 13.2 Å². The van der Waals surface area contributed by atoms with Gasteiger partial charge in [0.2, 0.25) is 9.84 Å². The monoisotopic (exact) mass is 484 g/mol. The number of hydrogen-bond acceptors (Lipinski definition) is 4. The van der Waals surface area contributed by atoms with Crippen molar-refractivity contribution in [3.8, 4) is 22.3 Å². The molecule has 0 saturated heterocycles. The minimum Gasteiger partial charge on any atom is -0.273 e. The van der Waals surface area contributed by atoms with Gasteiger partial charge in [-0.3, -0.25) is 14.2 Å². The van der Waals surface area contributed by atoms with Crippen LogP contribution in [0.3, 0.4) is 0 Å². The summed E-state index contributed by atoms with van der Waals surface area (Å²) in [7, 11) is -3.56. The van der Waals surface area contributed by atoms with Crippen molar-refractivity contribution >= 4 is 47.9 Å². The van der Waals surface area contributed by atoms with Crippen LogP contribution in [0.4, 0.5) is 0 Å². The Morgan fingerprint density at radius 1 is 0.639 bits per heavy atom. The molecule has 0 radical (unpaired) electrons. The number of fused-ring (bicyclic) bond motifs is 8. The lowest BCUT2D eigenvalue weighted by molar-refractivity contribution is 0.598. The van der Waals surface area contributed by atoms with E-state index >= 15 is 0 Å². The summed E-state index contributed by atoms with van der Waals surface area (Å²) in [5.41, 5.74) is 5.52. The first-order valence-corrected chi connectivity index (χ1v) is 13.1. The maximum Gasteiger partial charge on any atom is 0.263 e. The number of sulfone groups is 1. The first-order chi connectivity index (χ1) is 17.5. The molecule has 0 fully saturated rings. The Labute approximate surface area is 205 Å². The number of benzene rings is 4. The Morgan fingerprint density at radius 2 is 1.36 bits per heavy atom. The third-order valence-electron chi connectivity index (χ3n) is 7.36. The molecule has 4 heterocycles. The molecule has 0 bridgehead atoms. The van der Waals surface area contributed by atoms with E-state index in [1.165, 1.54) is 0 Å². The van der Waals surface area contributed by atoms with Crippen LogP contribution in [-0.4, -0.2) is 17.8 Å². The summed E-state index contributed by atoms with van der Waals surface area (Å²) in [4.78, 5) is 18.8. The predicted molar refractivity (Wildman–Crippen MR) is 141 cm³/mol. The van der Waals surface area contributed by atoms with Crippen molar-refractivity contribution in [2.45, 2.75) is 9.79 Å². The van der Waals surface area contributed by atoms with Gasteiger partial charge in [0.25, 0.3) is 5.56 Å². The van der Waals surface area contributed by atoms with E-state index in [0.29, 0.717) is 15.2 Å². The van der Waals surface area contributed by atoms with Gasteiger partial charge in [0.15, 0.2) is 0 Å². The third kappa shape index (κ3) is 2.32. The minimum absolute atomic E-state index is 0.0692. The van der Waals surface area contributed by atoms with Gasteiger partial charge in [-0.25, -0.2) is 8.42 Å². The van der Waals surface area contributed by atoms with Gasteiger partial charge < -0.3 is 0 Å². The molecule has 0 amide bonds. The molecule has 0 N–H and O–H groups in total. The standard InChI is InChI=1S/C30H16N2O3S/c33-30-23-7-2-1-6-21(23)28-29-22(13-14-31-28)24-15-17(10-12-25(24)32(29)30)18-9-11-20-19-5-3-4-8-26(19)36(34,35)27(20)16-18/h1-16H. The lowest BCUT2D eigenvalue weighted by Crippen LogP contribution is -2.13. The summed E-state index contributed by atoms with van der Waals surface area (Å²) in [5, 5.41) is 3.35. The first kappa shape index (κ1) is 19.7. The highest BCUT2D eigenvalue weighted by Gasteiger charge is 2.32. The van der Waals surface area contributed by atoms with E-state index in [0.717, 1.165) is 55.0 Å². The second-order valence-corrected chi connectivity index (χ2v) is 11.1. The van der Waals surface area contributed by atoms with E-state index in [2.05, 4.69) is 4.98 Å². The van der Waals surface area contributed by atoms with Gasteiger partial charge in [0.05, 0.1) is 26.3 Å². The maximum atomic E-state index is 13.5. The maximum absolute atomic E-state index is 13.5. The Morgan fingerprint density at radius 3 is 2.25 bits per heavy atom. The molecule has 1 aliphatic heterocycles. The van der Waals surface area contributed by atoms with Crippen LogP contribution >= 0.6 is 0 Å². The minimum atomic E-state index is -3.56. The molecule has 0 spiro atoms. The smallest absolute Gasteiger partial charge is 0.263 e. The van der Waals surface area contributed by atoms with E-state index in [4.69, 9.17) is 0 Å². The first-order valence-electron chi connectivity index (χ1n) is 11.6. The van der Waals surface area contributed by atoms with Crippen LogP contribution < -0.4 is 5.56 Å². The van der Waals surface area contributed by atoms with Gasteiger partial charge in [-0.2, -0.15) is 0 Å². The lowest BCUT2D eigenvalue weighted by Gasteiger charge is -2.06. The van der Waals surface area contributed by atoms with Crippen molar-refractivity contribution in [2.24, 2.45) is 0 Å². The highest BCUT2D eigenvalue weighted by Crippen LogP contribution is 2.44. The van der Waals surface area contributed by atoms with Crippen LogP contribution in [0.1, 0.15) is 0 Å². The number of pyridine rings is 2. The summed E-state index contributed by atoms with van der Waals surface area (Å²) in [6.07, 6.45) is 1.78. The SMILES string of the molecule is O=c1c2ccccc2c2nccc3c4cc(-c5ccc6c(c5)S(=O)(=O)c5ccccc5-6)ccc4n1c32. The summed E-state index contributed by atoms with van der Waals surface area (Å²) in [5.74, 6) is 0. The van der Waals surface area contributed by atoms with Crippen LogP contribution in [0.2, 0.25) is 0 Å². The van der Waals surface area contributed by atoms with Gasteiger partial charge in [0, 0.05) is 38.9 Å². The lowest BCUT2D eigenvalue weighted by atomic mass is 9.99. The molecule has 0 aliphatic carbocycles. The molecule has 7 aromatic rings. The van der Waals surface area contributed by atoms with Gasteiger partial charge in [-0.1, -0.05) is 54.6 Å². The fraction of sp³-hybridized carbons (Fsp3) is 0. The molecular formula is C30H16N2O3S. The van der Waals surface area contributed by atoms with Crippen molar-refractivity contribution in [1.82, 2.24) is 9.38 Å². The van der Waals surface area contributed by atoms with Crippen LogP contribution in [0.25, 0.3) is 60.3 Å². The summed E-state index contributed by atoms with van der Waals surface area (Å²) in [6.45, 7) is 0. The number of hydrogen-bond donors (Lipinski definition) is 0. The van der Waals surface area contributed by atoms with Crippen LogP contribution in [0.15, 0.2) is 112 Å². The third-order valence-corrected chi connectivity index (χ3v) is 9.21. The molecule has 0 saturated carbocycles. The van der Waals surface area contributed by atoms with Gasteiger partial charge >= 0.3 is 0 Å². The average molecular weight is 485 g/mol. The van der Waals surface area contributed by atoms with Gasteiger partial charge in [-0.15, -0.1) is 0 Å². The quantitative estimate of drug-likeness (QED) is 0.265. The number of aromatic nitrogens is 2. The predicted octanol–water partition coefficient (Wildman–Crippen LogP) is 6.07. The van der Waals surface area contributed by atoms with E-state index in [1.807, 2.05) is 72.8 Å². The largest absolute Gasteiger partial charge is 0.273 e. The zero-order valence-corrected chi connectivity index (χ0v) is 19.6. The van der Waals surface area contributed by atoms with Gasteiger partial charge in [-0.05, 0) is 47.5 Å². The van der Waals surface area contributed by atoms with Crippen LogP contribution in [-0.2, 0) is 9.84 Å². The second kappa shape index (κ2) is 6.56. The Hall–Kier alpha value is -4.55. The molecule has 0 unspecified atom stereocenters. The fourth-order valence-corrected chi connectivity index (χ4v) is 7.45.